The molecule has 54 heavy (non-hydrogen) atoms. The number of benzene rings is 2. The van der Waals surface area contributed by atoms with Crippen molar-refractivity contribution >= 4 is 38.9 Å². The van der Waals surface area contributed by atoms with Gasteiger partial charge in [-0.1, -0.05) is 35.9 Å². The number of thiophene rings is 1. The highest BCUT2D eigenvalue weighted by Crippen LogP contribution is 2.49. The van der Waals surface area contributed by atoms with Crippen LogP contribution in [0.1, 0.15) is 34.8 Å². The molecule has 0 radical (unpaired) electrons. The zero-order valence-electron chi connectivity index (χ0n) is 33.3. The number of rotatable bonds is 15. The van der Waals surface area contributed by atoms with Crippen LogP contribution in [0.15, 0.2) is 71.5 Å². The van der Waals surface area contributed by atoms with E-state index in [1.54, 1.807) is 30.3 Å². The minimum Gasteiger partial charge on any atom is -0.491 e. The minimum absolute atomic E-state index is 0.00517. The number of fused-ring (bicyclic) bond motifs is 1. The van der Waals surface area contributed by atoms with Crippen LogP contribution in [0.4, 0.5) is 4.39 Å². The second-order valence-corrected chi connectivity index (χ2v) is 14.3. The Balaban J connectivity index is 1.24. The number of hydrogen-bond acceptors (Lipinski definition) is 11. The Labute approximate surface area is 326 Å². The van der Waals surface area contributed by atoms with Crippen molar-refractivity contribution in [2.45, 2.75) is 46.4 Å². The van der Waals surface area contributed by atoms with Gasteiger partial charge >= 0.3 is 0 Å². The Morgan fingerprint density at radius 2 is 1.89 bits per heavy atom. The number of carbonyl (C=O) groups is 1. The van der Waals surface area contributed by atoms with Gasteiger partial charge in [-0.3, -0.25) is 14.4 Å². The van der Waals surface area contributed by atoms with Crippen LogP contribution in [0.25, 0.3) is 32.0 Å². The number of nitrogens with zero attached hydrogens (tertiary/aromatic N) is 6. The Bertz CT molecular complexity index is 2380. The molecule has 14 heteroatoms. The van der Waals surface area contributed by atoms with E-state index in [0.717, 1.165) is 32.7 Å². The number of para-hydroxylation sites is 1. The first-order chi connectivity index (χ1) is 27.4. The van der Waals surface area contributed by atoms with E-state index in [1.165, 1.54) is 53.7 Å². The Morgan fingerprint density at radius 1 is 1.07 bits per heavy atom. The first kappa shape index (κ1) is 33.7. The van der Waals surface area contributed by atoms with E-state index in [4.69, 9.17) is 33.0 Å². The highest BCUT2D eigenvalue weighted by molar-refractivity contribution is 7.22. The average Bonchev–Trinajstić information content (AvgIpc) is 3.95. The summed E-state index contributed by atoms with van der Waals surface area (Å²) in [5.74, 6) is 0.342. The second-order valence-electron chi connectivity index (χ2n) is 12.9. The minimum atomic E-state index is -2.31. The maximum absolute atomic E-state index is 14.4. The molecule has 0 aliphatic carbocycles. The van der Waals surface area contributed by atoms with E-state index in [-0.39, 0.29) is 28.6 Å². The zero-order chi connectivity index (χ0) is 40.4. The van der Waals surface area contributed by atoms with Crippen molar-refractivity contribution in [2.75, 3.05) is 46.4 Å². The second kappa shape index (κ2) is 16.7. The van der Waals surface area contributed by atoms with Crippen LogP contribution in [-0.2, 0) is 24.3 Å². The Kier molecular flexibility index (Phi) is 10.4. The number of ketones is 1. The van der Waals surface area contributed by atoms with Gasteiger partial charge in [-0.2, -0.15) is 9.49 Å². The number of carbonyl (C=O) groups excluding carboxylic acids is 1. The summed E-state index contributed by atoms with van der Waals surface area (Å²) in [6, 6.07) is 13.6. The molecule has 1 saturated heterocycles. The number of ether oxygens (including phenoxy) is 3. The first-order valence-corrected chi connectivity index (χ1v) is 18.8. The number of Topliss-reactive ketones (excluding diaryl/α,β-unsaturated/α-hetero) is 1. The number of hydrogen-bond donors (Lipinski definition) is 0. The van der Waals surface area contributed by atoms with Crippen LogP contribution in [0.5, 0.6) is 17.4 Å². The van der Waals surface area contributed by atoms with E-state index in [0.29, 0.717) is 55.7 Å². The molecule has 11 nitrogen and oxygen atoms in total. The van der Waals surface area contributed by atoms with Gasteiger partial charge in [0.15, 0.2) is 11.9 Å². The number of furan rings is 1. The van der Waals surface area contributed by atoms with E-state index in [2.05, 4.69) is 31.9 Å². The molecule has 1 fully saturated rings. The fourth-order valence-electron chi connectivity index (χ4n) is 6.27. The van der Waals surface area contributed by atoms with Gasteiger partial charge in [0, 0.05) is 64.9 Å². The summed E-state index contributed by atoms with van der Waals surface area (Å²) >= 11 is 8.22. The van der Waals surface area contributed by atoms with Crippen molar-refractivity contribution in [3.8, 4) is 39.1 Å². The zero-order valence-corrected chi connectivity index (χ0v) is 31.9. The average molecular weight is 776 g/mol. The summed E-state index contributed by atoms with van der Waals surface area (Å²) in [5, 5.41) is 4.96. The third kappa shape index (κ3) is 8.14. The van der Waals surface area contributed by atoms with Crippen LogP contribution in [-0.4, -0.2) is 87.8 Å². The van der Waals surface area contributed by atoms with E-state index in [9.17, 15) is 10.6 Å². The van der Waals surface area contributed by atoms with Crippen molar-refractivity contribution in [3.05, 3.63) is 95.0 Å². The maximum Gasteiger partial charge on any atom is 0.278 e. The van der Waals surface area contributed by atoms with Crippen LogP contribution in [0, 0.1) is 12.9 Å². The van der Waals surface area contributed by atoms with Gasteiger partial charge in [-0.15, -0.1) is 11.3 Å². The fraction of sp³-hybridized carbons (Fsp3) is 0.350. The molecule has 0 bridgehead atoms. The molecule has 1 aliphatic heterocycles. The lowest BCUT2D eigenvalue weighted by molar-refractivity contribution is -0.123. The maximum atomic E-state index is 14.4. The summed E-state index contributed by atoms with van der Waals surface area (Å²) in [6.07, 6.45) is -0.0186. The molecule has 0 N–H and O–H groups in total. The van der Waals surface area contributed by atoms with Crippen LogP contribution in [0.3, 0.4) is 0 Å². The fourth-order valence-corrected chi connectivity index (χ4v) is 7.60. The van der Waals surface area contributed by atoms with Crippen molar-refractivity contribution in [3.63, 3.8) is 0 Å². The molecule has 2 aromatic carbocycles. The van der Waals surface area contributed by atoms with Gasteiger partial charge in [-0.05, 0) is 68.8 Å². The number of likely N-dealkylation sites (N-methyl/N-ethyl adjacent to an activating group) is 1. The molecule has 2 atom stereocenters. The monoisotopic (exact) mass is 775 g/mol. The van der Waals surface area contributed by atoms with Crippen molar-refractivity contribution in [2.24, 2.45) is 0 Å². The van der Waals surface area contributed by atoms with Gasteiger partial charge in [-0.25, -0.2) is 9.97 Å². The molecule has 4 aromatic heterocycles. The SMILES string of the molecule is [2H][C@H](c1ccccc1OC([2H])([2H])c1ccnn1CC)[C@H](Oc1ncnc2sc(-c3ccc(F)o3)c(-c3ccc(OCCN4CCN(C)CC4)c(Cl)c3C)c12)C(C)=O. The molecular weight excluding hydrogens is 731 g/mol. The van der Waals surface area contributed by atoms with Crippen LogP contribution in [0.2, 0.25) is 5.02 Å². The summed E-state index contributed by atoms with van der Waals surface area (Å²) in [6.45, 7) is 8.26. The molecule has 0 spiro atoms. The van der Waals surface area contributed by atoms with Gasteiger partial charge in [0.05, 0.1) is 23.7 Å². The van der Waals surface area contributed by atoms with Crippen molar-refractivity contribution in [1.29, 1.82) is 0 Å². The molecule has 0 saturated carbocycles. The van der Waals surface area contributed by atoms with E-state index in [1.807, 2.05) is 19.9 Å². The largest absolute Gasteiger partial charge is 0.491 e. The van der Waals surface area contributed by atoms with Crippen LogP contribution >= 0.6 is 22.9 Å². The molecule has 0 amide bonds. The molecule has 282 valence electrons. The highest BCUT2D eigenvalue weighted by atomic mass is 35.5. The van der Waals surface area contributed by atoms with E-state index >= 15 is 0 Å². The molecule has 1 aliphatic rings. The number of halogens is 2. The van der Waals surface area contributed by atoms with Gasteiger partial charge in [0.2, 0.25) is 5.88 Å². The van der Waals surface area contributed by atoms with Crippen molar-refractivity contribution in [1.82, 2.24) is 29.5 Å². The number of aryl methyl sites for hydroxylation is 1. The molecular formula is C40H42ClFN6O5S. The molecule has 6 aromatic rings. The van der Waals surface area contributed by atoms with Gasteiger partial charge < -0.3 is 23.5 Å². The number of piperazine rings is 1. The molecule has 5 heterocycles. The summed E-state index contributed by atoms with van der Waals surface area (Å²) < 4.78 is 66.6. The lowest BCUT2D eigenvalue weighted by Crippen LogP contribution is -2.45. The van der Waals surface area contributed by atoms with Crippen LogP contribution < -0.4 is 14.2 Å². The van der Waals surface area contributed by atoms with Crippen molar-refractivity contribution < 1.29 is 31.9 Å². The summed E-state index contributed by atoms with van der Waals surface area (Å²) in [7, 11) is 2.11. The quantitative estimate of drug-likeness (QED) is 0.103. The highest BCUT2D eigenvalue weighted by Gasteiger charge is 2.28. The van der Waals surface area contributed by atoms with Gasteiger partial charge in [0.1, 0.15) is 41.6 Å². The Morgan fingerprint density at radius 3 is 2.65 bits per heavy atom. The lowest BCUT2D eigenvalue weighted by atomic mass is 9.97. The Hall–Kier alpha value is -4.82. The first-order valence-electron chi connectivity index (χ1n) is 19.2. The summed E-state index contributed by atoms with van der Waals surface area (Å²) in [4.78, 5) is 28.0. The molecule has 0 unspecified atom stereocenters. The third-order valence-electron chi connectivity index (χ3n) is 9.30. The van der Waals surface area contributed by atoms with Gasteiger partial charge in [0.25, 0.3) is 6.01 Å². The number of aromatic nitrogens is 4. The predicted molar refractivity (Wildman–Crippen MR) is 207 cm³/mol. The molecule has 7 rings (SSSR count). The predicted octanol–water partition coefficient (Wildman–Crippen LogP) is 7.72. The third-order valence-corrected chi connectivity index (χ3v) is 10.9. The standard InChI is InChI=1S/C40H42ClFN6O5S/c1-5-48-28(14-15-45-48)23-51-30-9-7-6-8-27(30)22-33(26(3)49)53-39-36-35(38(32-12-13-34(42)52-32)54-40(36)44-24-43-39)29-10-11-31(37(41)25(29)2)50-21-20-47-18-16-46(4)17-19-47/h6-15,24,33H,5,16-23H2,1-4H3/t33-/m0/s1/i22D,23D2/t22-,33+/m1. The summed E-state index contributed by atoms with van der Waals surface area (Å²) in [5.41, 5.74) is 2.28. The smallest absolute Gasteiger partial charge is 0.278 e. The lowest BCUT2D eigenvalue weighted by Gasteiger charge is -2.32. The topological polar surface area (TPSA) is 108 Å². The normalized spacial score (nSPS) is 16.1. The van der Waals surface area contributed by atoms with E-state index < -0.39 is 30.9 Å².